The summed E-state index contributed by atoms with van der Waals surface area (Å²) >= 11 is 1.40. The number of benzene rings is 1. The second kappa shape index (κ2) is 7.89. The van der Waals surface area contributed by atoms with Crippen LogP contribution in [-0.4, -0.2) is 22.1 Å². The minimum Gasteiger partial charge on any atom is -0.353 e. The van der Waals surface area contributed by atoms with Gasteiger partial charge in [0.05, 0.1) is 10.2 Å². The highest BCUT2D eigenvalue weighted by molar-refractivity contribution is 8.00. The minimum atomic E-state index is -0.434. The van der Waals surface area contributed by atoms with E-state index in [0.29, 0.717) is 0 Å². The number of rotatable bonds is 7. The number of nitrogens with zero attached hydrogens (tertiary/aromatic N) is 1. The van der Waals surface area contributed by atoms with Gasteiger partial charge in [-0.3, -0.25) is 14.9 Å². The van der Waals surface area contributed by atoms with Gasteiger partial charge in [0.25, 0.3) is 5.69 Å². The van der Waals surface area contributed by atoms with Crippen LogP contribution in [0.4, 0.5) is 5.69 Å². The molecule has 0 spiro atoms. The Morgan fingerprint density at radius 1 is 1.35 bits per heavy atom. The van der Waals surface area contributed by atoms with Gasteiger partial charge in [-0.2, -0.15) is 0 Å². The Balaban J connectivity index is 2.54. The van der Waals surface area contributed by atoms with Gasteiger partial charge in [0.1, 0.15) is 0 Å². The standard InChI is InChI=1S/C14H20N2O3S/c1-4-5-10(2)15-14(17)11(3)20-13-8-6-12(7-9-13)16(18)19/h6-11H,4-5H2,1-3H3,(H,15,17). The predicted molar refractivity (Wildman–Crippen MR) is 80.9 cm³/mol. The molecule has 0 aromatic heterocycles. The number of non-ortho nitro benzene ring substituents is 1. The molecular formula is C14H20N2O3S. The third kappa shape index (κ3) is 5.21. The summed E-state index contributed by atoms with van der Waals surface area (Å²) < 4.78 is 0. The molecule has 5 nitrogen and oxygen atoms in total. The van der Waals surface area contributed by atoms with E-state index in [-0.39, 0.29) is 22.9 Å². The van der Waals surface area contributed by atoms with Crippen LogP contribution in [0.25, 0.3) is 0 Å². The molecule has 2 atom stereocenters. The number of carbonyl (C=O) groups is 1. The number of nitrogens with one attached hydrogen (secondary N) is 1. The first-order valence-electron chi connectivity index (χ1n) is 6.65. The van der Waals surface area contributed by atoms with Crippen LogP contribution in [0.15, 0.2) is 29.2 Å². The number of hydrogen-bond donors (Lipinski definition) is 1. The van der Waals surface area contributed by atoms with Gasteiger partial charge in [0.2, 0.25) is 5.91 Å². The molecule has 20 heavy (non-hydrogen) atoms. The third-order valence-electron chi connectivity index (χ3n) is 2.84. The van der Waals surface area contributed by atoms with Gasteiger partial charge in [0.15, 0.2) is 0 Å². The number of nitro benzene ring substituents is 1. The molecule has 1 amide bonds. The fraction of sp³-hybridized carbons (Fsp3) is 0.500. The maximum Gasteiger partial charge on any atom is 0.269 e. The fourth-order valence-electron chi connectivity index (χ4n) is 1.77. The Morgan fingerprint density at radius 3 is 2.45 bits per heavy atom. The Kier molecular flexibility index (Phi) is 6.51. The zero-order chi connectivity index (χ0) is 15.1. The molecule has 110 valence electrons. The normalized spacial score (nSPS) is 13.6. The van der Waals surface area contributed by atoms with Gasteiger partial charge in [-0.15, -0.1) is 11.8 Å². The van der Waals surface area contributed by atoms with Crippen LogP contribution >= 0.6 is 11.8 Å². The highest BCUT2D eigenvalue weighted by atomic mass is 32.2. The number of carbonyl (C=O) groups excluding carboxylic acids is 1. The van der Waals surface area contributed by atoms with Crippen molar-refractivity contribution in [2.75, 3.05) is 0 Å². The van der Waals surface area contributed by atoms with Gasteiger partial charge < -0.3 is 5.32 Å². The predicted octanol–water partition coefficient (Wildman–Crippen LogP) is 3.38. The van der Waals surface area contributed by atoms with E-state index in [1.54, 1.807) is 12.1 Å². The van der Waals surface area contributed by atoms with Crippen molar-refractivity contribution in [3.05, 3.63) is 34.4 Å². The van der Waals surface area contributed by atoms with E-state index in [9.17, 15) is 14.9 Å². The zero-order valence-electron chi connectivity index (χ0n) is 12.0. The van der Waals surface area contributed by atoms with E-state index in [0.717, 1.165) is 17.7 Å². The lowest BCUT2D eigenvalue weighted by Gasteiger charge is -2.16. The van der Waals surface area contributed by atoms with E-state index in [1.807, 2.05) is 13.8 Å². The zero-order valence-corrected chi connectivity index (χ0v) is 12.8. The maximum absolute atomic E-state index is 12.0. The van der Waals surface area contributed by atoms with Gasteiger partial charge in [-0.1, -0.05) is 13.3 Å². The second-order valence-corrected chi connectivity index (χ2v) is 6.12. The number of hydrogen-bond acceptors (Lipinski definition) is 4. The molecule has 6 heteroatoms. The molecule has 0 saturated carbocycles. The van der Waals surface area contributed by atoms with Gasteiger partial charge >= 0.3 is 0 Å². The Morgan fingerprint density at radius 2 is 1.95 bits per heavy atom. The summed E-state index contributed by atoms with van der Waals surface area (Å²) in [6.07, 6.45) is 1.99. The molecule has 0 aliphatic carbocycles. The lowest BCUT2D eigenvalue weighted by atomic mass is 10.2. The molecule has 2 unspecified atom stereocenters. The monoisotopic (exact) mass is 296 g/mol. The minimum absolute atomic E-state index is 0.00528. The van der Waals surface area contributed by atoms with Crippen molar-refractivity contribution < 1.29 is 9.72 Å². The molecule has 0 heterocycles. The molecule has 0 radical (unpaired) electrons. The van der Waals surface area contributed by atoms with Crippen molar-refractivity contribution in [1.82, 2.24) is 5.32 Å². The number of nitro groups is 1. The van der Waals surface area contributed by atoms with Crippen LogP contribution in [0, 0.1) is 10.1 Å². The molecular weight excluding hydrogens is 276 g/mol. The lowest BCUT2D eigenvalue weighted by Crippen LogP contribution is -2.37. The first-order chi connectivity index (χ1) is 9.43. The summed E-state index contributed by atoms with van der Waals surface area (Å²) in [6.45, 7) is 5.91. The highest BCUT2D eigenvalue weighted by Gasteiger charge is 2.16. The lowest BCUT2D eigenvalue weighted by molar-refractivity contribution is -0.384. The van der Waals surface area contributed by atoms with E-state index in [1.165, 1.54) is 23.9 Å². The average molecular weight is 296 g/mol. The summed E-state index contributed by atoms with van der Waals surface area (Å²) in [5, 5.41) is 13.3. The summed E-state index contributed by atoms with van der Waals surface area (Å²) in [5.41, 5.74) is 0.0584. The van der Waals surface area contributed by atoms with Crippen molar-refractivity contribution in [1.29, 1.82) is 0 Å². The molecule has 1 rings (SSSR count). The third-order valence-corrected chi connectivity index (χ3v) is 3.95. The molecule has 0 aliphatic rings. The Labute approximate surface area is 123 Å². The smallest absolute Gasteiger partial charge is 0.269 e. The van der Waals surface area contributed by atoms with E-state index in [2.05, 4.69) is 12.2 Å². The van der Waals surface area contributed by atoms with Crippen LogP contribution < -0.4 is 5.32 Å². The highest BCUT2D eigenvalue weighted by Crippen LogP contribution is 2.25. The van der Waals surface area contributed by atoms with Crippen molar-refractivity contribution in [3.8, 4) is 0 Å². The largest absolute Gasteiger partial charge is 0.353 e. The summed E-state index contributed by atoms with van der Waals surface area (Å²) in [7, 11) is 0. The molecule has 0 fully saturated rings. The molecule has 1 aromatic rings. The van der Waals surface area contributed by atoms with Crippen LogP contribution in [0.1, 0.15) is 33.6 Å². The molecule has 1 N–H and O–H groups in total. The van der Waals surface area contributed by atoms with Gasteiger partial charge in [-0.25, -0.2) is 0 Å². The first kappa shape index (κ1) is 16.5. The van der Waals surface area contributed by atoms with Crippen LogP contribution in [0.3, 0.4) is 0 Å². The first-order valence-corrected chi connectivity index (χ1v) is 7.53. The van der Waals surface area contributed by atoms with Crippen molar-refractivity contribution in [2.24, 2.45) is 0 Å². The fourth-order valence-corrected chi connectivity index (χ4v) is 2.65. The molecule has 0 saturated heterocycles. The van der Waals surface area contributed by atoms with E-state index < -0.39 is 4.92 Å². The quantitative estimate of drug-likeness (QED) is 0.475. The number of amides is 1. The van der Waals surface area contributed by atoms with Crippen molar-refractivity contribution in [2.45, 2.75) is 49.8 Å². The van der Waals surface area contributed by atoms with Crippen molar-refractivity contribution >= 4 is 23.4 Å². The number of thioether (sulfide) groups is 1. The van der Waals surface area contributed by atoms with Crippen LogP contribution in [-0.2, 0) is 4.79 Å². The van der Waals surface area contributed by atoms with Gasteiger partial charge in [-0.05, 0) is 32.4 Å². The topological polar surface area (TPSA) is 72.2 Å². The van der Waals surface area contributed by atoms with Crippen molar-refractivity contribution in [3.63, 3.8) is 0 Å². The average Bonchev–Trinajstić information content (AvgIpc) is 2.39. The summed E-state index contributed by atoms with van der Waals surface area (Å²) in [6, 6.07) is 6.41. The van der Waals surface area contributed by atoms with E-state index in [4.69, 9.17) is 0 Å². The van der Waals surface area contributed by atoms with Gasteiger partial charge in [0, 0.05) is 23.1 Å². The second-order valence-electron chi connectivity index (χ2n) is 4.71. The van der Waals surface area contributed by atoms with E-state index >= 15 is 0 Å². The molecule has 0 bridgehead atoms. The Hall–Kier alpha value is -1.56. The molecule has 0 aliphatic heterocycles. The molecule has 1 aromatic carbocycles. The summed E-state index contributed by atoms with van der Waals surface area (Å²) in [5.74, 6) is -0.00528. The SMILES string of the molecule is CCCC(C)NC(=O)C(C)Sc1ccc([N+](=O)[O-])cc1. The maximum atomic E-state index is 12.0. The van der Waals surface area contributed by atoms with Crippen LogP contribution in [0.2, 0.25) is 0 Å². The van der Waals surface area contributed by atoms with Crippen LogP contribution in [0.5, 0.6) is 0 Å². The summed E-state index contributed by atoms with van der Waals surface area (Å²) in [4.78, 5) is 22.9. The Bertz CT molecular complexity index is 462.